The Balaban J connectivity index is 1.47. The molecule has 3 heteroatoms. The van der Waals surface area contributed by atoms with Crippen molar-refractivity contribution in [2.75, 3.05) is 0 Å². The fourth-order valence-electron chi connectivity index (χ4n) is 8.10. The first-order valence-electron chi connectivity index (χ1n) is 17.1. The van der Waals surface area contributed by atoms with E-state index in [-0.39, 0.29) is 0 Å². The van der Waals surface area contributed by atoms with Gasteiger partial charge in [-0.15, -0.1) is 11.3 Å². The molecule has 0 aliphatic carbocycles. The summed E-state index contributed by atoms with van der Waals surface area (Å²) in [5.41, 5.74) is 9.22. The Kier molecular flexibility index (Phi) is 6.54. The van der Waals surface area contributed by atoms with E-state index >= 15 is 0 Å². The Hall–Kier alpha value is -4.99. The second-order valence-electron chi connectivity index (χ2n) is 14.1. The van der Waals surface area contributed by atoms with Gasteiger partial charge in [0.25, 0.3) is 5.82 Å². The highest BCUT2D eigenvalue weighted by Gasteiger charge is 2.34. The van der Waals surface area contributed by atoms with E-state index in [1.54, 1.807) is 0 Å². The molecule has 9 aromatic rings. The van der Waals surface area contributed by atoms with Gasteiger partial charge >= 0.3 is 0 Å². The maximum Gasteiger partial charge on any atom is 0.296 e. The number of rotatable bonds is 4. The normalized spacial score (nSPS) is 12.3. The molecule has 48 heavy (non-hydrogen) atoms. The van der Waals surface area contributed by atoms with Gasteiger partial charge in [0.2, 0.25) is 0 Å². The van der Waals surface area contributed by atoms with Gasteiger partial charge in [0.1, 0.15) is 5.69 Å². The molecular formula is C45H39N2S+. The van der Waals surface area contributed by atoms with Crippen LogP contribution in [-0.2, 0) is 7.05 Å². The van der Waals surface area contributed by atoms with Gasteiger partial charge in [0.05, 0.1) is 17.3 Å². The molecule has 0 saturated heterocycles. The van der Waals surface area contributed by atoms with Gasteiger partial charge in [-0.1, -0.05) is 113 Å². The predicted octanol–water partition coefficient (Wildman–Crippen LogP) is 12.5. The van der Waals surface area contributed by atoms with Gasteiger partial charge in [-0.3, -0.25) is 0 Å². The van der Waals surface area contributed by atoms with Crippen molar-refractivity contribution in [2.24, 2.45) is 7.05 Å². The maximum atomic E-state index is 2.64. The van der Waals surface area contributed by atoms with E-state index in [0.717, 1.165) is 0 Å². The molecule has 0 fully saturated rings. The molecule has 2 aromatic heterocycles. The molecular weight excluding hydrogens is 601 g/mol. The average Bonchev–Trinajstić information content (AvgIpc) is 3.60. The topological polar surface area (TPSA) is 8.81 Å². The van der Waals surface area contributed by atoms with Crippen LogP contribution in [0.2, 0.25) is 0 Å². The number of nitrogens with zero attached hydrogens (tertiary/aromatic N) is 2. The van der Waals surface area contributed by atoms with Crippen molar-refractivity contribution < 1.29 is 4.57 Å². The fourth-order valence-corrected chi connectivity index (χ4v) is 9.43. The molecule has 0 aliphatic rings. The van der Waals surface area contributed by atoms with Gasteiger partial charge in [0, 0.05) is 32.0 Å². The molecule has 0 N–H and O–H groups in total. The van der Waals surface area contributed by atoms with Crippen LogP contribution in [0.3, 0.4) is 0 Å². The number of thiophene rings is 1. The number of aromatic nitrogens is 2. The Bertz CT molecular complexity index is 2730. The summed E-state index contributed by atoms with van der Waals surface area (Å²) >= 11 is 1.94. The van der Waals surface area contributed by atoms with E-state index in [0.29, 0.717) is 11.8 Å². The van der Waals surface area contributed by atoms with Crippen LogP contribution >= 0.6 is 11.3 Å². The van der Waals surface area contributed by atoms with E-state index in [1.165, 1.54) is 97.3 Å². The standard InChI is InChI=1S/C45H39N2S/c1-26(2)32-16-11-17-33(27(3)4)42(32)47-43-35-15-10-8-13-30(35)21-23-39(43)46(6)45(47)41-28(5)18-22-36-38-25-37-31(24-40(38)48-44(36)41)20-19-29-12-7-9-14-34(29)37/h7-27H,1-6H3/q+1. The monoisotopic (exact) mass is 639 g/mol. The van der Waals surface area contributed by atoms with E-state index < -0.39 is 0 Å². The second kappa shape index (κ2) is 10.8. The van der Waals surface area contributed by atoms with Gasteiger partial charge in [0.15, 0.2) is 11.0 Å². The SMILES string of the molecule is Cc1ccc2c(sc3cc4ccc5ccccc5c4cc32)c1-c1n(-c2c(C(C)C)cccc2C(C)C)c2c3ccccc3ccc2[n+]1C. The number of benzene rings is 7. The smallest absolute Gasteiger partial charge is 0.225 e. The first-order valence-corrected chi connectivity index (χ1v) is 18.0. The molecule has 0 spiro atoms. The zero-order valence-corrected chi connectivity index (χ0v) is 29.2. The highest BCUT2D eigenvalue weighted by atomic mass is 32.1. The Labute approximate surface area is 285 Å². The summed E-state index contributed by atoms with van der Waals surface area (Å²) in [7, 11) is 2.27. The van der Waals surface area contributed by atoms with Crippen LogP contribution in [-0.4, -0.2) is 4.57 Å². The molecule has 9 rings (SSSR count). The zero-order valence-electron chi connectivity index (χ0n) is 28.4. The lowest BCUT2D eigenvalue weighted by atomic mass is 9.92. The summed E-state index contributed by atoms with van der Waals surface area (Å²) in [5.74, 6) is 1.97. The van der Waals surface area contributed by atoms with Crippen LogP contribution in [0.1, 0.15) is 56.2 Å². The second-order valence-corrected chi connectivity index (χ2v) is 15.1. The third-order valence-electron chi connectivity index (χ3n) is 10.5. The number of para-hydroxylation sites is 1. The van der Waals surface area contributed by atoms with E-state index in [2.05, 4.69) is 166 Å². The molecule has 7 aromatic carbocycles. The first-order chi connectivity index (χ1) is 23.3. The number of imidazole rings is 1. The van der Waals surface area contributed by atoms with Crippen LogP contribution in [0.4, 0.5) is 0 Å². The van der Waals surface area contributed by atoms with Gasteiger partial charge in [-0.05, 0) is 81.6 Å². The van der Waals surface area contributed by atoms with Crippen LogP contribution in [0, 0.1) is 6.92 Å². The minimum absolute atomic E-state index is 0.368. The van der Waals surface area contributed by atoms with Crippen molar-refractivity contribution in [2.45, 2.75) is 46.5 Å². The van der Waals surface area contributed by atoms with Crippen molar-refractivity contribution in [3.05, 3.63) is 132 Å². The van der Waals surface area contributed by atoms with Crippen LogP contribution in [0.25, 0.3) is 80.6 Å². The van der Waals surface area contributed by atoms with Crippen molar-refractivity contribution in [3.8, 4) is 17.1 Å². The lowest BCUT2D eigenvalue weighted by molar-refractivity contribution is -0.633. The minimum Gasteiger partial charge on any atom is -0.225 e. The van der Waals surface area contributed by atoms with Crippen molar-refractivity contribution >= 4 is 74.9 Å². The molecule has 2 heterocycles. The third kappa shape index (κ3) is 4.13. The van der Waals surface area contributed by atoms with E-state index in [1.807, 2.05) is 11.3 Å². The molecule has 0 atom stereocenters. The summed E-state index contributed by atoms with van der Waals surface area (Å²) in [4.78, 5) is 0. The first kappa shape index (κ1) is 29.2. The number of aryl methyl sites for hydroxylation is 2. The van der Waals surface area contributed by atoms with Crippen molar-refractivity contribution in [1.82, 2.24) is 4.57 Å². The zero-order chi connectivity index (χ0) is 32.8. The van der Waals surface area contributed by atoms with Gasteiger partial charge < -0.3 is 0 Å². The van der Waals surface area contributed by atoms with Crippen LogP contribution in [0.5, 0.6) is 0 Å². The van der Waals surface area contributed by atoms with Crippen molar-refractivity contribution in [1.29, 1.82) is 0 Å². The highest BCUT2D eigenvalue weighted by Crippen LogP contribution is 2.46. The number of fused-ring (bicyclic) bond motifs is 9. The summed E-state index contributed by atoms with van der Waals surface area (Å²) in [6, 6.07) is 43.3. The lowest BCUT2D eigenvalue weighted by Crippen LogP contribution is -2.30. The summed E-state index contributed by atoms with van der Waals surface area (Å²) in [6.07, 6.45) is 0. The van der Waals surface area contributed by atoms with E-state index in [4.69, 9.17) is 0 Å². The molecule has 0 amide bonds. The maximum absolute atomic E-state index is 2.64. The summed E-state index contributed by atoms with van der Waals surface area (Å²) in [5, 5.41) is 10.4. The molecule has 2 nitrogen and oxygen atoms in total. The molecule has 0 aliphatic heterocycles. The Morgan fingerprint density at radius 3 is 1.96 bits per heavy atom. The van der Waals surface area contributed by atoms with E-state index in [9.17, 15) is 0 Å². The largest absolute Gasteiger partial charge is 0.296 e. The molecule has 0 bridgehead atoms. The predicted molar refractivity (Wildman–Crippen MR) is 208 cm³/mol. The van der Waals surface area contributed by atoms with Crippen molar-refractivity contribution in [3.63, 3.8) is 0 Å². The molecule has 0 radical (unpaired) electrons. The average molecular weight is 640 g/mol. The van der Waals surface area contributed by atoms with Crippen LogP contribution < -0.4 is 4.57 Å². The number of hydrogen-bond acceptors (Lipinski definition) is 1. The number of hydrogen-bond donors (Lipinski definition) is 0. The summed E-state index contributed by atoms with van der Waals surface area (Å²) < 4.78 is 7.78. The van der Waals surface area contributed by atoms with Crippen LogP contribution in [0.15, 0.2) is 115 Å². The van der Waals surface area contributed by atoms with Gasteiger partial charge in [-0.25, -0.2) is 4.57 Å². The molecule has 234 valence electrons. The highest BCUT2D eigenvalue weighted by molar-refractivity contribution is 7.26. The third-order valence-corrected chi connectivity index (χ3v) is 11.7. The van der Waals surface area contributed by atoms with Gasteiger partial charge in [-0.2, -0.15) is 4.57 Å². The molecule has 0 saturated carbocycles. The Morgan fingerprint density at radius 1 is 0.583 bits per heavy atom. The minimum atomic E-state index is 0.368. The fraction of sp³-hybridized carbons (Fsp3) is 0.178. The quantitative estimate of drug-likeness (QED) is 0.134. The molecule has 0 unspecified atom stereocenters. The lowest BCUT2D eigenvalue weighted by Gasteiger charge is -2.19. The summed E-state index contributed by atoms with van der Waals surface area (Å²) in [6.45, 7) is 11.6. The Morgan fingerprint density at radius 2 is 1.23 bits per heavy atom.